The lowest BCUT2D eigenvalue weighted by atomic mass is 10.0. The molecule has 4 aromatic heterocycles. The molecule has 17 aromatic carbocycles. The zero-order chi connectivity index (χ0) is 71.4. The Morgan fingerprint density at radius 1 is 0.157 bits per heavy atom. The van der Waals surface area contributed by atoms with Gasteiger partial charge in [0.1, 0.15) is 0 Å². The molecule has 0 spiro atoms. The molecular weight excluding hydrogens is 1390 g/mol. The molecule has 21 rings (SSSR count). The second-order valence-electron chi connectivity index (χ2n) is 27.1. The third-order valence-electron chi connectivity index (χ3n) is 20.7. The molecule has 0 amide bonds. The number of para-hydroxylation sites is 4. The van der Waals surface area contributed by atoms with E-state index in [0.717, 1.165) is 51.2 Å². The fourth-order valence-electron chi connectivity index (χ4n) is 15.7. The number of anilines is 12. The Morgan fingerprint density at radius 3 is 0.917 bits per heavy atom. The average Bonchev–Trinajstić information content (AvgIpc) is 1.57. The molecule has 0 saturated carbocycles. The van der Waals surface area contributed by atoms with Gasteiger partial charge >= 0.3 is 0 Å². The van der Waals surface area contributed by atoms with E-state index in [9.17, 15) is 0 Å². The number of hydrogen-bond donors (Lipinski definition) is 0. The lowest BCUT2D eigenvalue weighted by Gasteiger charge is -2.27. The maximum Gasteiger partial charge on any atom is 0.0640 e. The fraction of sp³-hybridized carbons (Fsp3) is 0. The van der Waals surface area contributed by atoms with Crippen molar-refractivity contribution in [3.05, 3.63) is 400 Å². The van der Waals surface area contributed by atoms with Crippen LogP contribution >= 0.6 is 45.3 Å². The van der Waals surface area contributed by atoms with Gasteiger partial charge in [0, 0.05) is 117 Å². The summed E-state index contributed by atoms with van der Waals surface area (Å²) in [6.07, 6.45) is 0. The van der Waals surface area contributed by atoms with Gasteiger partial charge in [-0.25, -0.2) is 0 Å². The van der Waals surface area contributed by atoms with Crippen LogP contribution in [0, 0.1) is 0 Å². The minimum absolute atomic E-state index is 1.12. The Hall–Kier alpha value is -12.9. The Labute approximate surface area is 642 Å². The number of thiophene rings is 4. The normalized spacial score (nSPS) is 11.5. The van der Waals surface area contributed by atoms with Crippen molar-refractivity contribution in [2.45, 2.75) is 0 Å². The summed E-state index contributed by atoms with van der Waals surface area (Å²) in [5.74, 6) is 0. The molecule has 510 valence electrons. The van der Waals surface area contributed by atoms with Crippen molar-refractivity contribution >= 4 is 205 Å². The number of hydrogen-bond acceptors (Lipinski definition) is 8. The summed E-state index contributed by atoms with van der Waals surface area (Å²) in [6, 6.07) is 145. The largest absolute Gasteiger partial charge is 0.310 e. The molecule has 0 fully saturated rings. The van der Waals surface area contributed by atoms with E-state index >= 15 is 0 Å². The molecule has 0 radical (unpaired) electrons. The number of rotatable bonds is 14. The van der Waals surface area contributed by atoms with Gasteiger partial charge in [-0.2, -0.15) is 0 Å². The lowest BCUT2D eigenvalue weighted by Crippen LogP contribution is -2.10. The van der Waals surface area contributed by atoms with Crippen LogP contribution in [0.5, 0.6) is 0 Å². The van der Waals surface area contributed by atoms with Crippen LogP contribution in [0.25, 0.3) is 114 Å². The highest BCUT2D eigenvalue weighted by Crippen LogP contribution is 2.53. The van der Waals surface area contributed by atoms with Gasteiger partial charge in [0.15, 0.2) is 0 Å². The molecular formula is C100H66N4S4. The van der Waals surface area contributed by atoms with Gasteiger partial charge in [0.2, 0.25) is 0 Å². The van der Waals surface area contributed by atoms with Crippen LogP contribution in [0.1, 0.15) is 0 Å². The Morgan fingerprint density at radius 2 is 0.463 bits per heavy atom. The first kappa shape index (κ1) is 64.7. The van der Waals surface area contributed by atoms with E-state index in [4.69, 9.17) is 0 Å². The summed E-state index contributed by atoms with van der Waals surface area (Å²) >= 11 is 7.46. The molecule has 21 aromatic rings. The zero-order valence-electron chi connectivity index (χ0n) is 58.5. The molecule has 0 aliphatic heterocycles. The Kier molecular flexibility index (Phi) is 16.7. The first-order valence-electron chi connectivity index (χ1n) is 36.4. The summed E-state index contributed by atoms with van der Waals surface area (Å²) in [4.78, 5) is 9.68. The highest BCUT2D eigenvalue weighted by atomic mass is 32.1. The molecule has 0 atom stereocenters. The van der Waals surface area contributed by atoms with Crippen LogP contribution in [0.2, 0.25) is 0 Å². The minimum Gasteiger partial charge on any atom is -0.310 e. The van der Waals surface area contributed by atoms with Gasteiger partial charge in [-0.1, -0.05) is 249 Å². The summed E-state index contributed by atoms with van der Waals surface area (Å²) in [5, 5.41) is 12.7. The third-order valence-corrected chi connectivity index (χ3v) is 25.3. The molecule has 4 nitrogen and oxygen atoms in total. The monoisotopic (exact) mass is 1450 g/mol. The van der Waals surface area contributed by atoms with Crippen molar-refractivity contribution in [3.8, 4) is 22.3 Å². The predicted molar refractivity (Wildman–Crippen MR) is 472 cm³/mol. The zero-order valence-corrected chi connectivity index (χ0v) is 61.8. The van der Waals surface area contributed by atoms with Crippen LogP contribution in [0.3, 0.4) is 0 Å². The molecule has 0 unspecified atom stereocenters. The van der Waals surface area contributed by atoms with Crippen LogP contribution in [-0.2, 0) is 0 Å². The van der Waals surface area contributed by atoms with Crippen molar-refractivity contribution in [2.24, 2.45) is 0 Å². The van der Waals surface area contributed by atoms with Gasteiger partial charge in [-0.05, 0) is 185 Å². The molecule has 4 heterocycles. The third kappa shape index (κ3) is 11.8. The van der Waals surface area contributed by atoms with E-state index in [1.807, 2.05) is 45.3 Å². The average molecular weight is 1450 g/mol. The molecule has 0 bridgehead atoms. The van der Waals surface area contributed by atoms with Gasteiger partial charge in [0.25, 0.3) is 0 Å². The Balaban J connectivity index is 0.000000143. The van der Waals surface area contributed by atoms with Crippen molar-refractivity contribution in [2.75, 3.05) is 19.6 Å². The minimum atomic E-state index is 1.12. The topological polar surface area (TPSA) is 13.0 Å². The number of benzene rings is 17. The van der Waals surface area contributed by atoms with E-state index in [2.05, 4.69) is 420 Å². The van der Waals surface area contributed by atoms with Gasteiger partial charge in [0.05, 0.1) is 32.1 Å². The second kappa shape index (κ2) is 27.8. The first-order valence-corrected chi connectivity index (χ1v) is 39.7. The smallest absolute Gasteiger partial charge is 0.0640 e. The van der Waals surface area contributed by atoms with Crippen molar-refractivity contribution in [3.63, 3.8) is 0 Å². The Bertz CT molecular complexity index is 6790. The standard InChI is InChI=1S/C52H34N2S2.C48H32N2S2/c1-3-15-39(16-4-1)53(40-17-5-2-6-18-40)47-22-11-20-45-51-46(21-12-24-49(51)56-52(45)47)54(42-31-32-44-43-19-9-10-23-48(43)55-50(44)34-42)41-29-27-36(28-30-41)38-26-25-35-13-7-8-14-37(35)33-38;1-4-14-33(15-5-1)34-26-28-37(29-27-34)50(38-30-31-40-39-20-10-11-24-44(39)51-46(40)32-38)42-22-13-25-45-47(42)41-21-12-23-43(48(41)52-45)49(35-16-6-2-7-17-35)36-18-8-3-9-19-36/h1-34H;1-32H. The van der Waals surface area contributed by atoms with Crippen LogP contribution < -0.4 is 19.6 Å². The fourth-order valence-corrected chi connectivity index (χ4v) is 20.4. The predicted octanol–water partition coefficient (Wildman–Crippen LogP) is 31.2. The highest BCUT2D eigenvalue weighted by Gasteiger charge is 2.26. The molecule has 0 saturated heterocycles. The van der Waals surface area contributed by atoms with E-state index in [1.165, 1.54) is 131 Å². The van der Waals surface area contributed by atoms with Gasteiger partial charge in [-0.15, -0.1) is 45.3 Å². The SMILES string of the molecule is c1ccc(-c2ccc(N(c3ccc4c(c3)sc3ccccc34)c3cccc4sc5c(N(c6ccccc6)c6ccccc6)cccc5c34)cc2)cc1.c1ccc(N(c2ccccc2)c2cccc3c2sc2cccc(N(c4ccc(-c5ccc6ccccc6c5)cc4)c4ccc5c(c4)sc4ccccc45)c23)cc1. The van der Waals surface area contributed by atoms with Crippen molar-refractivity contribution in [1.29, 1.82) is 0 Å². The highest BCUT2D eigenvalue weighted by molar-refractivity contribution is 7.27. The maximum absolute atomic E-state index is 2.46. The summed E-state index contributed by atoms with van der Waals surface area (Å²) in [5.41, 5.74) is 18.6. The van der Waals surface area contributed by atoms with Crippen LogP contribution in [0.15, 0.2) is 400 Å². The number of nitrogens with zero attached hydrogens (tertiary/aromatic N) is 4. The van der Waals surface area contributed by atoms with Crippen molar-refractivity contribution in [1.82, 2.24) is 0 Å². The molecule has 108 heavy (non-hydrogen) atoms. The van der Waals surface area contributed by atoms with Crippen LogP contribution in [0.4, 0.5) is 68.2 Å². The van der Waals surface area contributed by atoms with E-state index in [0.29, 0.717) is 0 Å². The van der Waals surface area contributed by atoms with Crippen LogP contribution in [-0.4, -0.2) is 0 Å². The molecule has 0 aliphatic carbocycles. The van der Waals surface area contributed by atoms with Gasteiger partial charge in [-0.3, -0.25) is 0 Å². The van der Waals surface area contributed by atoms with E-state index in [1.54, 1.807) is 0 Å². The summed E-state index contributed by atoms with van der Waals surface area (Å²) in [6.45, 7) is 0. The van der Waals surface area contributed by atoms with Crippen molar-refractivity contribution < 1.29 is 0 Å². The first-order chi connectivity index (χ1) is 53.6. The summed E-state index contributed by atoms with van der Waals surface area (Å²) in [7, 11) is 0. The molecule has 0 N–H and O–H groups in total. The van der Waals surface area contributed by atoms with E-state index < -0.39 is 0 Å². The number of fused-ring (bicyclic) bond motifs is 13. The lowest BCUT2D eigenvalue weighted by molar-refractivity contribution is 1.30. The molecule has 0 aliphatic rings. The summed E-state index contributed by atoms with van der Waals surface area (Å²) < 4.78 is 10.2. The second-order valence-corrected chi connectivity index (χ2v) is 31.3. The quantitative estimate of drug-likeness (QED) is 0.108. The maximum atomic E-state index is 2.46. The molecule has 8 heteroatoms. The van der Waals surface area contributed by atoms with E-state index in [-0.39, 0.29) is 0 Å². The van der Waals surface area contributed by atoms with Gasteiger partial charge < -0.3 is 19.6 Å².